The molecule has 0 heterocycles. The van der Waals surface area contributed by atoms with Crippen LogP contribution in [0.4, 0.5) is 0 Å². The number of carbonyl (C=O) groups excluding carboxylic acids is 1. The number of ketones is 1. The van der Waals surface area contributed by atoms with Gasteiger partial charge in [-0.1, -0.05) is 0 Å². The number of benzene rings is 1. The molecule has 1 aromatic rings. The van der Waals surface area contributed by atoms with E-state index in [1.807, 2.05) is 24.5 Å². The van der Waals surface area contributed by atoms with Gasteiger partial charge in [-0.05, 0) is 59.5 Å². The number of halogens is 2. The Hall–Kier alpha value is 0.260. The molecule has 0 fully saturated rings. The van der Waals surface area contributed by atoms with Crippen molar-refractivity contribution >= 4 is 51.7 Å². The zero-order chi connectivity index (χ0) is 10.7. The largest absolute Gasteiger partial charge is 0.298 e. The first-order chi connectivity index (χ1) is 6.56. The lowest BCUT2D eigenvalue weighted by atomic mass is 10.1. The van der Waals surface area contributed by atoms with Gasteiger partial charge >= 0.3 is 0 Å². The van der Waals surface area contributed by atoms with Gasteiger partial charge in [0.1, 0.15) is 5.38 Å². The Morgan fingerprint density at radius 3 is 2.71 bits per heavy atom. The first-order valence-corrected chi connectivity index (χ1v) is 6.78. The van der Waals surface area contributed by atoms with Gasteiger partial charge in [-0.2, -0.15) is 0 Å². The third-order valence-corrected chi connectivity index (χ3v) is 4.08. The molecule has 14 heavy (non-hydrogen) atoms. The van der Waals surface area contributed by atoms with E-state index in [0.717, 1.165) is 14.0 Å². The minimum Gasteiger partial charge on any atom is -0.298 e. The zero-order valence-electron chi connectivity index (χ0n) is 7.88. The molecule has 0 radical (unpaired) electrons. The van der Waals surface area contributed by atoms with Gasteiger partial charge in [0.2, 0.25) is 0 Å². The number of hydrogen-bond donors (Lipinski definition) is 0. The lowest BCUT2D eigenvalue weighted by Gasteiger charge is -2.09. The molecule has 1 atom stereocenters. The molecule has 0 aromatic heterocycles. The second-order valence-corrected chi connectivity index (χ2v) is 5.34. The fourth-order valence-corrected chi connectivity index (χ4v) is 2.52. The highest BCUT2D eigenvalue weighted by molar-refractivity contribution is 14.1. The highest BCUT2D eigenvalue weighted by Gasteiger charge is 2.16. The van der Waals surface area contributed by atoms with Crippen molar-refractivity contribution in [2.75, 3.05) is 6.26 Å². The predicted octanol–water partition coefficient (Wildman–Crippen LogP) is 3.88. The van der Waals surface area contributed by atoms with E-state index in [-0.39, 0.29) is 5.78 Å². The average Bonchev–Trinajstić information content (AvgIpc) is 2.17. The molecule has 4 heteroatoms. The zero-order valence-corrected chi connectivity index (χ0v) is 11.6. The Kier molecular flexibility index (Phi) is 4.73. The second kappa shape index (κ2) is 5.37. The van der Waals surface area contributed by atoms with Crippen molar-refractivity contribution in [2.45, 2.75) is 17.2 Å². The second-order valence-electron chi connectivity index (χ2n) is 2.86. The van der Waals surface area contributed by atoms with Crippen molar-refractivity contribution in [3.8, 4) is 0 Å². The highest BCUT2D eigenvalue weighted by Crippen LogP contribution is 2.29. The third-order valence-electron chi connectivity index (χ3n) is 1.83. The van der Waals surface area contributed by atoms with Crippen molar-refractivity contribution in [2.24, 2.45) is 0 Å². The first kappa shape index (κ1) is 12.3. The van der Waals surface area contributed by atoms with E-state index in [4.69, 9.17) is 11.6 Å². The van der Waals surface area contributed by atoms with E-state index in [0.29, 0.717) is 0 Å². The highest BCUT2D eigenvalue weighted by atomic mass is 127. The maximum absolute atomic E-state index is 11.2. The van der Waals surface area contributed by atoms with Crippen molar-refractivity contribution in [1.29, 1.82) is 0 Å². The number of thioether (sulfide) groups is 1. The summed E-state index contributed by atoms with van der Waals surface area (Å²) in [6.45, 7) is 1.51. The van der Waals surface area contributed by atoms with E-state index < -0.39 is 5.38 Å². The van der Waals surface area contributed by atoms with E-state index in [2.05, 4.69) is 22.6 Å². The number of alkyl halides is 1. The fraction of sp³-hybridized carbons (Fsp3) is 0.300. The van der Waals surface area contributed by atoms with Crippen molar-refractivity contribution < 1.29 is 4.79 Å². The maximum atomic E-state index is 11.2. The first-order valence-electron chi connectivity index (χ1n) is 4.04. The van der Waals surface area contributed by atoms with Crippen LogP contribution in [-0.4, -0.2) is 12.0 Å². The molecule has 0 aliphatic heterocycles. The van der Waals surface area contributed by atoms with Crippen LogP contribution in [0.15, 0.2) is 23.1 Å². The Morgan fingerprint density at radius 1 is 1.57 bits per heavy atom. The maximum Gasteiger partial charge on any atom is 0.152 e. The summed E-state index contributed by atoms with van der Waals surface area (Å²) >= 11 is 9.86. The van der Waals surface area contributed by atoms with Gasteiger partial charge in [-0.3, -0.25) is 4.79 Å². The van der Waals surface area contributed by atoms with Crippen molar-refractivity contribution in [3.63, 3.8) is 0 Å². The third kappa shape index (κ3) is 2.87. The Morgan fingerprint density at radius 2 is 2.21 bits per heavy atom. The standard InChI is InChI=1S/C10H10ClIOS/c1-6(13)10(11)8-5-7(14-2)3-4-9(8)12/h3-5,10H,1-2H3. The summed E-state index contributed by atoms with van der Waals surface area (Å²) in [5.41, 5.74) is 0.909. The number of hydrogen-bond acceptors (Lipinski definition) is 2. The molecule has 0 aliphatic carbocycles. The molecule has 0 saturated heterocycles. The lowest BCUT2D eigenvalue weighted by Crippen LogP contribution is -2.03. The minimum atomic E-state index is -0.519. The van der Waals surface area contributed by atoms with Crippen LogP contribution in [0, 0.1) is 3.57 Å². The molecule has 0 spiro atoms. The van der Waals surface area contributed by atoms with Crippen LogP contribution in [0.2, 0.25) is 0 Å². The molecule has 1 aromatic carbocycles. The summed E-state index contributed by atoms with van der Waals surface area (Å²) < 4.78 is 1.04. The average molecular weight is 341 g/mol. The lowest BCUT2D eigenvalue weighted by molar-refractivity contribution is -0.116. The van der Waals surface area contributed by atoms with E-state index >= 15 is 0 Å². The van der Waals surface area contributed by atoms with Crippen LogP contribution < -0.4 is 0 Å². The normalized spacial score (nSPS) is 12.6. The monoisotopic (exact) mass is 340 g/mol. The van der Waals surface area contributed by atoms with E-state index in [1.165, 1.54) is 6.92 Å². The number of rotatable bonds is 3. The predicted molar refractivity (Wildman–Crippen MR) is 70.2 cm³/mol. The summed E-state index contributed by atoms with van der Waals surface area (Å²) in [6.07, 6.45) is 2.00. The molecule has 0 saturated carbocycles. The van der Waals surface area contributed by atoms with Crippen LogP contribution in [0.3, 0.4) is 0 Å². The quantitative estimate of drug-likeness (QED) is 0.472. The smallest absolute Gasteiger partial charge is 0.152 e. The Balaban J connectivity index is 3.11. The molecule has 0 amide bonds. The number of Topliss-reactive ketones (excluding diaryl/α,β-unsaturated/α-hetero) is 1. The summed E-state index contributed by atoms with van der Waals surface area (Å²) in [5, 5.41) is -0.519. The molecular formula is C10H10ClIOS. The number of carbonyl (C=O) groups is 1. The summed E-state index contributed by atoms with van der Waals surface area (Å²) in [4.78, 5) is 12.3. The Labute approximate surface area is 107 Å². The molecule has 0 bridgehead atoms. The van der Waals surface area contributed by atoms with Crippen LogP contribution in [-0.2, 0) is 4.79 Å². The summed E-state index contributed by atoms with van der Waals surface area (Å²) in [6, 6.07) is 5.99. The molecule has 0 N–H and O–H groups in total. The van der Waals surface area contributed by atoms with Crippen LogP contribution >= 0.6 is 46.0 Å². The fourth-order valence-electron chi connectivity index (χ4n) is 1.06. The van der Waals surface area contributed by atoms with Gasteiger partial charge in [0.05, 0.1) is 0 Å². The van der Waals surface area contributed by atoms with Crippen LogP contribution in [0.5, 0.6) is 0 Å². The molecule has 0 aliphatic rings. The topological polar surface area (TPSA) is 17.1 Å². The SMILES string of the molecule is CSc1ccc(I)c(C(Cl)C(C)=O)c1. The molecular weight excluding hydrogens is 331 g/mol. The Bertz CT molecular complexity index is 354. The van der Waals surface area contributed by atoms with Gasteiger partial charge in [0.15, 0.2) is 5.78 Å². The van der Waals surface area contributed by atoms with Gasteiger partial charge in [-0.15, -0.1) is 23.4 Å². The summed E-state index contributed by atoms with van der Waals surface area (Å²) in [7, 11) is 0. The molecule has 1 unspecified atom stereocenters. The van der Waals surface area contributed by atoms with Crippen LogP contribution in [0.1, 0.15) is 17.9 Å². The van der Waals surface area contributed by atoms with Crippen molar-refractivity contribution in [3.05, 3.63) is 27.3 Å². The van der Waals surface area contributed by atoms with Gasteiger partial charge in [0.25, 0.3) is 0 Å². The van der Waals surface area contributed by atoms with E-state index in [1.54, 1.807) is 11.8 Å². The summed E-state index contributed by atoms with van der Waals surface area (Å²) in [5.74, 6) is -0.0113. The van der Waals surface area contributed by atoms with Crippen molar-refractivity contribution in [1.82, 2.24) is 0 Å². The van der Waals surface area contributed by atoms with Gasteiger partial charge < -0.3 is 0 Å². The molecule has 1 nitrogen and oxygen atoms in total. The molecule has 76 valence electrons. The van der Waals surface area contributed by atoms with Crippen LogP contribution in [0.25, 0.3) is 0 Å². The van der Waals surface area contributed by atoms with Gasteiger partial charge in [0, 0.05) is 8.47 Å². The van der Waals surface area contributed by atoms with Gasteiger partial charge in [-0.25, -0.2) is 0 Å². The minimum absolute atomic E-state index is 0.0113. The molecule has 1 rings (SSSR count). The van der Waals surface area contributed by atoms with E-state index in [9.17, 15) is 4.79 Å².